The van der Waals surface area contributed by atoms with Gasteiger partial charge in [0.2, 0.25) is 0 Å². The first-order valence-corrected chi connectivity index (χ1v) is 12.0. The maximum Gasteiger partial charge on any atom is 0.119 e. The number of hydrazone groups is 1. The van der Waals surface area contributed by atoms with E-state index in [1.807, 2.05) is 46.8 Å². The fourth-order valence-electron chi connectivity index (χ4n) is 3.27. The van der Waals surface area contributed by atoms with Crippen LogP contribution in [0.2, 0.25) is 0 Å². The molecule has 0 amide bonds. The number of rotatable bonds is 5. The molecule has 1 atom stereocenters. The summed E-state index contributed by atoms with van der Waals surface area (Å²) in [5, 5.41) is 4.93. The third-order valence-corrected chi connectivity index (χ3v) is 10.3. The number of benzene rings is 2. The molecular formula is C20H18N2O2S3. The van der Waals surface area contributed by atoms with Crippen LogP contribution in [0.4, 0.5) is 5.69 Å². The van der Waals surface area contributed by atoms with Gasteiger partial charge < -0.3 is 9.47 Å². The number of ether oxygens (including phenoxy) is 2. The number of allylic oxidation sites excluding steroid dienone is 1. The average Bonchev–Trinajstić information content (AvgIpc) is 3.38. The molecule has 0 saturated heterocycles. The SMILES string of the molecule is COc1ccc(SC2=C3CCC4=NN(c5ccc(OC)cc5)S(=C43)S2)cc1. The summed E-state index contributed by atoms with van der Waals surface area (Å²) in [5.74, 6) is 1.76. The van der Waals surface area contributed by atoms with Crippen molar-refractivity contribution < 1.29 is 9.47 Å². The van der Waals surface area contributed by atoms with Crippen molar-refractivity contribution in [1.29, 1.82) is 0 Å². The van der Waals surface area contributed by atoms with Crippen LogP contribution in [0.25, 0.3) is 0 Å². The van der Waals surface area contributed by atoms with Crippen molar-refractivity contribution in [2.24, 2.45) is 5.10 Å². The van der Waals surface area contributed by atoms with E-state index in [9.17, 15) is 0 Å². The fourth-order valence-corrected chi connectivity index (χ4v) is 9.68. The molecule has 0 bridgehead atoms. The zero-order valence-electron chi connectivity index (χ0n) is 15.0. The standard InChI is InChI=1S/C20H18N2O2S3/c1-23-14-5-3-13(4-6-14)22-21-18-12-11-17-19(18)27(22)26-20(17)25-16-9-7-15(24-2)8-10-16/h3-10H,11-12H2,1-2H3. The quantitative estimate of drug-likeness (QED) is 0.463. The molecule has 1 fully saturated rings. The molecular weight excluding hydrogens is 396 g/mol. The number of methoxy groups -OCH3 is 2. The Morgan fingerprint density at radius 1 is 0.963 bits per heavy atom. The molecule has 2 aromatic rings. The lowest BCUT2D eigenvalue weighted by Crippen LogP contribution is -2.04. The highest BCUT2D eigenvalue weighted by molar-refractivity contribution is 8.88. The van der Waals surface area contributed by atoms with Gasteiger partial charge in [-0.2, -0.15) is 5.10 Å². The van der Waals surface area contributed by atoms with Gasteiger partial charge in [-0.05, 0) is 77.7 Å². The van der Waals surface area contributed by atoms with Crippen LogP contribution in [0, 0.1) is 0 Å². The zero-order chi connectivity index (χ0) is 18.4. The smallest absolute Gasteiger partial charge is 0.119 e. The molecule has 2 aliphatic heterocycles. The van der Waals surface area contributed by atoms with Gasteiger partial charge in [0.25, 0.3) is 0 Å². The monoisotopic (exact) mass is 414 g/mol. The van der Waals surface area contributed by atoms with E-state index in [1.165, 1.54) is 25.3 Å². The Balaban J connectivity index is 1.41. The second kappa shape index (κ2) is 6.96. The minimum absolute atomic E-state index is 0.0701. The van der Waals surface area contributed by atoms with Crippen molar-refractivity contribution >= 4 is 48.5 Å². The lowest BCUT2D eigenvalue weighted by molar-refractivity contribution is 0.414. The Labute approximate surface area is 169 Å². The highest BCUT2D eigenvalue weighted by Gasteiger charge is 2.40. The van der Waals surface area contributed by atoms with Crippen LogP contribution >= 0.6 is 32.3 Å². The third kappa shape index (κ3) is 2.98. The Morgan fingerprint density at radius 2 is 1.63 bits per heavy atom. The van der Waals surface area contributed by atoms with E-state index >= 15 is 0 Å². The maximum absolute atomic E-state index is 5.28. The average molecular weight is 415 g/mol. The first-order valence-electron chi connectivity index (χ1n) is 8.64. The Bertz CT molecular complexity index is 995. The largest absolute Gasteiger partial charge is 0.497 e. The maximum atomic E-state index is 5.28. The molecule has 0 radical (unpaired) electrons. The van der Waals surface area contributed by atoms with Crippen LogP contribution in [0.1, 0.15) is 12.8 Å². The molecule has 4 nitrogen and oxygen atoms in total. The van der Waals surface area contributed by atoms with Crippen molar-refractivity contribution in [1.82, 2.24) is 0 Å². The van der Waals surface area contributed by atoms with E-state index in [0.717, 1.165) is 30.0 Å². The topological polar surface area (TPSA) is 34.1 Å². The number of anilines is 1. The summed E-state index contributed by atoms with van der Waals surface area (Å²) in [6.45, 7) is 0. The lowest BCUT2D eigenvalue weighted by atomic mass is 10.3. The van der Waals surface area contributed by atoms with Crippen LogP contribution in [0.5, 0.6) is 11.5 Å². The predicted octanol–water partition coefficient (Wildman–Crippen LogP) is 5.70. The van der Waals surface area contributed by atoms with Gasteiger partial charge in [-0.3, -0.25) is 0 Å². The normalized spacial score (nSPS) is 20.2. The third-order valence-electron chi connectivity index (χ3n) is 4.66. The van der Waals surface area contributed by atoms with Gasteiger partial charge in [0.05, 0.1) is 34.7 Å². The Morgan fingerprint density at radius 3 is 2.30 bits per heavy atom. The second-order valence-electron chi connectivity index (χ2n) is 6.22. The molecule has 7 heteroatoms. The van der Waals surface area contributed by atoms with Crippen LogP contribution in [-0.2, 0) is 0 Å². The molecule has 3 aliphatic rings. The minimum Gasteiger partial charge on any atom is -0.497 e. The first kappa shape index (κ1) is 17.3. The predicted molar refractivity (Wildman–Crippen MR) is 118 cm³/mol. The molecule has 0 N–H and O–H groups in total. The van der Waals surface area contributed by atoms with Crippen molar-refractivity contribution in [3.63, 3.8) is 0 Å². The van der Waals surface area contributed by atoms with Gasteiger partial charge in [0.15, 0.2) is 0 Å². The van der Waals surface area contributed by atoms with E-state index in [1.54, 1.807) is 14.2 Å². The highest BCUT2D eigenvalue weighted by atomic mass is 33.1. The summed E-state index contributed by atoms with van der Waals surface area (Å²) in [5.41, 5.74) is 3.89. The number of nitrogens with zero attached hydrogens (tertiary/aromatic N) is 2. The molecule has 1 saturated carbocycles. The van der Waals surface area contributed by atoms with E-state index in [2.05, 4.69) is 28.7 Å². The van der Waals surface area contributed by atoms with Crippen LogP contribution in [0.3, 0.4) is 0 Å². The summed E-state index contributed by atoms with van der Waals surface area (Å²) < 4.78 is 14.2. The number of thioether (sulfide) groups is 1. The van der Waals surface area contributed by atoms with Crippen molar-refractivity contribution in [3.8, 4) is 11.5 Å². The minimum atomic E-state index is -0.0701. The molecule has 2 aromatic carbocycles. The summed E-state index contributed by atoms with van der Waals surface area (Å²) >= 11 is 1.86. The fraction of sp³-hybridized carbons (Fsp3) is 0.200. The Kier molecular flexibility index (Phi) is 4.46. The summed E-state index contributed by atoms with van der Waals surface area (Å²) in [7, 11) is 5.27. The molecule has 138 valence electrons. The summed E-state index contributed by atoms with van der Waals surface area (Å²) in [4.78, 5) is 2.71. The van der Waals surface area contributed by atoms with Crippen molar-refractivity contribution in [2.75, 3.05) is 18.6 Å². The zero-order valence-corrected chi connectivity index (χ0v) is 17.4. The van der Waals surface area contributed by atoms with E-state index in [4.69, 9.17) is 14.6 Å². The number of hydrogen-bond donors (Lipinski definition) is 0. The van der Waals surface area contributed by atoms with Crippen LogP contribution in [-0.4, -0.2) is 24.8 Å². The molecule has 0 spiro atoms. The van der Waals surface area contributed by atoms with E-state index in [0.29, 0.717) is 0 Å². The van der Waals surface area contributed by atoms with Crippen LogP contribution < -0.4 is 13.9 Å². The molecule has 0 aromatic heterocycles. The molecule has 27 heavy (non-hydrogen) atoms. The molecule has 2 heterocycles. The van der Waals surface area contributed by atoms with Gasteiger partial charge in [0.1, 0.15) is 11.5 Å². The van der Waals surface area contributed by atoms with Crippen LogP contribution in [0.15, 0.2) is 68.3 Å². The van der Waals surface area contributed by atoms with Gasteiger partial charge >= 0.3 is 0 Å². The summed E-state index contributed by atoms with van der Waals surface area (Å²) in [6.07, 6.45) is 2.16. The van der Waals surface area contributed by atoms with Crippen molar-refractivity contribution in [2.45, 2.75) is 17.7 Å². The van der Waals surface area contributed by atoms with Gasteiger partial charge in [-0.1, -0.05) is 11.8 Å². The number of hydrogen-bond acceptors (Lipinski definition) is 6. The Hall–Kier alpha value is -1.83. The van der Waals surface area contributed by atoms with Gasteiger partial charge in [-0.15, -0.1) is 0 Å². The second-order valence-corrected chi connectivity index (χ2v) is 10.8. The molecule has 1 unspecified atom stereocenters. The van der Waals surface area contributed by atoms with Gasteiger partial charge in [0, 0.05) is 14.6 Å². The summed E-state index contributed by atoms with van der Waals surface area (Å²) in [6, 6.07) is 16.5. The lowest BCUT2D eigenvalue weighted by Gasteiger charge is -2.18. The van der Waals surface area contributed by atoms with Gasteiger partial charge in [-0.25, -0.2) is 4.41 Å². The van der Waals surface area contributed by atoms with E-state index in [-0.39, 0.29) is 9.70 Å². The molecule has 5 rings (SSSR count). The molecule has 1 aliphatic carbocycles. The first-order chi connectivity index (χ1) is 13.3. The highest BCUT2D eigenvalue weighted by Crippen LogP contribution is 2.61. The van der Waals surface area contributed by atoms with E-state index < -0.39 is 0 Å². The van der Waals surface area contributed by atoms with Crippen molar-refractivity contribution in [3.05, 3.63) is 58.3 Å².